The molecular formula is C17H24O4. The maximum absolute atomic E-state index is 6.06. The van der Waals surface area contributed by atoms with Crippen molar-refractivity contribution in [2.24, 2.45) is 5.92 Å². The quantitative estimate of drug-likeness (QED) is 0.615. The summed E-state index contributed by atoms with van der Waals surface area (Å²) in [4.78, 5) is 0. The number of ether oxygens (including phenoxy) is 4. The zero-order valence-corrected chi connectivity index (χ0v) is 13.1. The molecule has 2 aliphatic rings. The van der Waals surface area contributed by atoms with Crippen molar-refractivity contribution in [3.63, 3.8) is 0 Å². The number of rotatable bonds is 5. The van der Waals surface area contributed by atoms with E-state index in [0.29, 0.717) is 12.5 Å². The average Bonchev–Trinajstić information content (AvgIpc) is 3.17. The number of hydrogen-bond donors (Lipinski definition) is 0. The zero-order valence-electron chi connectivity index (χ0n) is 13.1. The Morgan fingerprint density at radius 1 is 1.24 bits per heavy atom. The topological polar surface area (TPSA) is 40.2 Å². The van der Waals surface area contributed by atoms with Crippen molar-refractivity contribution in [3.8, 4) is 5.75 Å². The molecule has 3 rings (SSSR count). The van der Waals surface area contributed by atoms with Gasteiger partial charge in [0.1, 0.15) is 5.75 Å². The lowest BCUT2D eigenvalue weighted by atomic mass is 9.79. The molecule has 1 saturated carbocycles. The van der Waals surface area contributed by atoms with Crippen molar-refractivity contribution in [2.45, 2.75) is 50.8 Å². The summed E-state index contributed by atoms with van der Waals surface area (Å²) in [5.74, 6) is 0.409. The van der Waals surface area contributed by atoms with Gasteiger partial charge in [-0.3, -0.25) is 0 Å². The molecule has 1 aromatic carbocycles. The Balaban J connectivity index is 1.72. The van der Waals surface area contributed by atoms with Crippen molar-refractivity contribution in [1.82, 2.24) is 0 Å². The summed E-state index contributed by atoms with van der Waals surface area (Å²) in [6, 6.07) is 7.87. The molecule has 0 N–H and O–H groups in total. The summed E-state index contributed by atoms with van der Waals surface area (Å²) < 4.78 is 23.0. The molecule has 4 nitrogen and oxygen atoms in total. The van der Waals surface area contributed by atoms with Crippen molar-refractivity contribution in [3.05, 3.63) is 29.8 Å². The molecule has 116 valence electrons. The molecule has 1 aliphatic heterocycles. The van der Waals surface area contributed by atoms with Crippen LogP contribution in [0.3, 0.4) is 0 Å². The van der Waals surface area contributed by atoms with Crippen molar-refractivity contribution >= 4 is 0 Å². The Bertz CT molecular complexity index is 503. The lowest BCUT2D eigenvalue weighted by Crippen LogP contribution is -2.38. The van der Waals surface area contributed by atoms with Crippen LogP contribution in [0.15, 0.2) is 24.3 Å². The number of benzene rings is 1. The monoisotopic (exact) mass is 292 g/mol. The van der Waals surface area contributed by atoms with Gasteiger partial charge in [0.2, 0.25) is 0 Å². The average molecular weight is 292 g/mol. The lowest BCUT2D eigenvalue weighted by molar-refractivity contribution is -0.223. The molecule has 3 atom stereocenters. The minimum atomic E-state index is -0.881. The maximum Gasteiger partial charge on any atom is 0.315 e. The zero-order chi connectivity index (χ0) is 14.9. The van der Waals surface area contributed by atoms with Crippen LogP contribution < -0.4 is 4.74 Å². The first-order valence-corrected chi connectivity index (χ1v) is 7.68. The van der Waals surface area contributed by atoms with Crippen LogP contribution in [-0.2, 0) is 20.8 Å². The van der Waals surface area contributed by atoms with Gasteiger partial charge in [-0.25, -0.2) is 0 Å². The van der Waals surface area contributed by atoms with Crippen LogP contribution in [0.4, 0.5) is 0 Å². The van der Waals surface area contributed by atoms with E-state index in [9.17, 15) is 0 Å². The third-order valence-corrected chi connectivity index (χ3v) is 4.90. The second-order valence-corrected chi connectivity index (χ2v) is 6.00. The van der Waals surface area contributed by atoms with Crippen LogP contribution in [0.5, 0.6) is 5.75 Å². The van der Waals surface area contributed by atoms with Gasteiger partial charge < -0.3 is 18.9 Å². The van der Waals surface area contributed by atoms with E-state index in [1.165, 1.54) is 19.3 Å². The Morgan fingerprint density at radius 3 is 2.76 bits per heavy atom. The van der Waals surface area contributed by atoms with Gasteiger partial charge in [-0.2, -0.15) is 0 Å². The second kappa shape index (κ2) is 5.59. The van der Waals surface area contributed by atoms with Crippen LogP contribution in [-0.4, -0.2) is 25.8 Å². The molecule has 1 spiro atoms. The fraction of sp³-hybridized carbons (Fsp3) is 0.647. The van der Waals surface area contributed by atoms with Crippen LogP contribution >= 0.6 is 0 Å². The highest BCUT2D eigenvalue weighted by Crippen LogP contribution is 2.60. The van der Waals surface area contributed by atoms with Crippen LogP contribution in [0.25, 0.3) is 0 Å². The Morgan fingerprint density at radius 2 is 2.05 bits per heavy atom. The summed E-state index contributed by atoms with van der Waals surface area (Å²) in [6.07, 6.45) is 4.61. The van der Waals surface area contributed by atoms with E-state index in [2.05, 4.69) is 6.92 Å². The minimum Gasteiger partial charge on any atom is -0.496 e. The lowest BCUT2D eigenvalue weighted by Gasteiger charge is -2.28. The molecule has 21 heavy (non-hydrogen) atoms. The van der Waals surface area contributed by atoms with Crippen molar-refractivity contribution < 1.29 is 18.9 Å². The molecule has 0 bridgehead atoms. The highest BCUT2D eigenvalue weighted by Gasteiger charge is 2.75. The number of para-hydroxylation sites is 1. The van der Waals surface area contributed by atoms with Gasteiger partial charge in [-0.1, -0.05) is 38.0 Å². The molecule has 0 amide bonds. The number of hydrogen-bond acceptors (Lipinski definition) is 4. The second-order valence-electron chi connectivity index (χ2n) is 6.00. The van der Waals surface area contributed by atoms with Crippen LogP contribution in [0.2, 0.25) is 0 Å². The van der Waals surface area contributed by atoms with E-state index >= 15 is 0 Å². The Labute approximate surface area is 126 Å². The van der Waals surface area contributed by atoms with Gasteiger partial charge in [0.05, 0.1) is 13.7 Å². The van der Waals surface area contributed by atoms with E-state index < -0.39 is 5.97 Å². The summed E-state index contributed by atoms with van der Waals surface area (Å²) in [6.45, 7) is 2.65. The van der Waals surface area contributed by atoms with E-state index in [1.807, 2.05) is 24.3 Å². The van der Waals surface area contributed by atoms with Crippen LogP contribution in [0, 0.1) is 5.92 Å². The molecule has 1 unspecified atom stereocenters. The molecule has 4 heteroatoms. The molecule has 1 aliphatic carbocycles. The predicted octanol–water partition coefficient (Wildman–Crippen LogP) is 3.49. The van der Waals surface area contributed by atoms with E-state index in [-0.39, 0.29) is 5.60 Å². The molecular weight excluding hydrogens is 268 g/mol. The molecule has 0 aromatic heterocycles. The first kappa shape index (κ1) is 14.8. The van der Waals surface area contributed by atoms with Crippen molar-refractivity contribution in [1.29, 1.82) is 0 Å². The molecule has 2 fully saturated rings. The Hall–Kier alpha value is -1.10. The van der Waals surface area contributed by atoms with Gasteiger partial charge in [0.15, 0.2) is 5.60 Å². The maximum atomic E-state index is 6.06. The molecule has 1 heterocycles. The summed E-state index contributed by atoms with van der Waals surface area (Å²) in [5, 5.41) is 0. The standard InChI is InChI=1S/C17H24O4/c1-13-8-6-7-11-16(13)17(19-3,21-16)20-12-14-9-4-5-10-15(14)18-2/h4-5,9-10,13H,6-8,11-12H2,1-3H3/t13-,16+,17?/m0/s1. The van der Waals surface area contributed by atoms with Crippen LogP contribution in [0.1, 0.15) is 38.2 Å². The largest absolute Gasteiger partial charge is 0.496 e. The normalized spacial score (nSPS) is 34.9. The third-order valence-electron chi connectivity index (χ3n) is 4.90. The van der Waals surface area contributed by atoms with E-state index in [1.54, 1.807) is 14.2 Å². The number of epoxide rings is 1. The summed E-state index contributed by atoms with van der Waals surface area (Å²) in [5.41, 5.74) is 0.743. The fourth-order valence-electron chi connectivity index (χ4n) is 3.56. The predicted molar refractivity (Wildman–Crippen MR) is 79.0 cm³/mol. The highest BCUT2D eigenvalue weighted by molar-refractivity contribution is 5.32. The highest BCUT2D eigenvalue weighted by atomic mass is 17.0. The SMILES string of the molecule is COc1ccccc1COC1(OC)O[C@@]12CCCC[C@@H]2C. The first-order valence-electron chi connectivity index (χ1n) is 7.68. The third kappa shape index (κ3) is 2.35. The van der Waals surface area contributed by atoms with Gasteiger partial charge in [-0.15, -0.1) is 0 Å². The summed E-state index contributed by atoms with van der Waals surface area (Å²) in [7, 11) is 3.33. The molecule has 0 radical (unpaired) electrons. The van der Waals surface area contributed by atoms with Gasteiger partial charge in [0, 0.05) is 12.7 Å². The first-order chi connectivity index (χ1) is 10.2. The van der Waals surface area contributed by atoms with Crippen molar-refractivity contribution in [2.75, 3.05) is 14.2 Å². The van der Waals surface area contributed by atoms with Gasteiger partial charge in [0.25, 0.3) is 0 Å². The summed E-state index contributed by atoms with van der Waals surface area (Å²) >= 11 is 0. The number of methoxy groups -OCH3 is 2. The van der Waals surface area contributed by atoms with Gasteiger partial charge in [-0.05, 0) is 24.8 Å². The van der Waals surface area contributed by atoms with E-state index in [4.69, 9.17) is 18.9 Å². The fourth-order valence-corrected chi connectivity index (χ4v) is 3.56. The minimum absolute atomic E-state index is 0.262. The van der Waals surface area contributed by atoms with E-state index in [0.717, 1.165) is 17.7 Å². The van der Waals surface area contributed by atoms with Gasteiger partial charge >= 0.3 is 5.97 Å². The molecule has 1 saturated heterocycles. The smallest absolute Gasteiger partial charge is 0.315 e. The molecule has 1 aromatic rings. The Kier molecular flexibility index (Phi) is 3.95.